The molecule has 0 amide bonds. The predicted molar refractivity (Wildman–Crippen MR) is 79.6 cm³/mol. The number of carbonyl (C=O) groups excluding carboxylic acids is 1. The standard InChI is InChI=1S/C17H26O2/c1-7-17(6,12(2)3)14-10-8-13(9-11-14)15(18)16(4,5)19/h8-12,19H,7H2,1-6H3. The molecule has 0 heterocycles. The molecule has 0 fully saturated rings. The zero-order valence-electron chi connectivity index (χ0n) is 12.9. The molecule has 0 saturated heterocycles. The molecule has 0 aliphatic rings. The van der Waals surface area contributed by atoms with Crippen LogP contribution in [0.1, 0.15) is 63.9 Å². The second-order valence-electron chi connectivity index (χ2n) is 6.39. The number of carbonyl (C=O) groups is 1. The van der Waals surface area contributed by atoms with Crippen molar-refractivity contribution in [1.29, 1.82) is 0 Å². The first kappa shape index (κ1) is 15.9. The van der Waals surface area contributed by atoms with Crippen molar-refractivity contribution in [2.24, 2.45) is 5.92 Å². The van der Waals surface area contributed by atoms with Gasteiger partial charge in [-0.25, -0.2) is 0 Å². The summed E-state index contributed by atoms with van der Waals surface area (Å²) in [6, 6.07) is 7.68. The molecule has 2 nitrogen and oxygen atoms in total. The third kappa shape index (κ3) is 3.24. The van der Waals surface area contributed by atoms with Crippen molar-refractivity contribution in [2.75, 3.05) is 0 Å². The van der Waals surface area contributed by atoms with Crippen LogP contribution in [0.25, 0.3) is 0 Å². The summed E-state index contributed by atoms with van der Waals surface area (Å²) < 4.78 is 0. The first-order valence-electron chi connectivity index (χ1n) is 7.00. The highest BCUT2D eigenvalue weighted by Crippen LogP contribution is 2.35. The fourth-order valence-corrected chi connectivity index (χ4v) is 2.30. The highest BCUT2D eigenvalue weighted by Gasteiger charge is 2.29. The van der Waals surface area contributed by atoms with Gasteiger partial charge in [0.1, 0.15) is 5.60 Å². The van der Waals surface area contributed by atoms with Crippen LogP contribution in [0.2, 0.25) is 0 Å². The van der Waals surface area contributed by atoms with Gasteiger partial charge in [-0.3, -0.25) is 4.79 Å². The van der Waals surface area contributed by atoms with E-state index in [-0.39, 0.29) is 11.2 Å². The van der Waals surface area contributed by atoms with Gasteiger partial charge in [-0.15, -0.1) is 0 Å². The van der Waals surface area contributed by atoms with Crippen molar-refractivity contribution in [3.05, 3.63) is 35.4 Å². The fourth-order valence-electron chi connectivity index (χ4n) is 2.30. The smallest absolute Gasteiger partial charge is 0.193 e. The predicted octanol–water partition coefficient (Wildman–Crippen LogP) is 3.96. The third-order valence-corrected chi connectivity index (χ3v) is 4.37. The minimum absolute atomic E-state index is 0.121. The average molecular weight is 262 g/mol. The number of Topliss-reactive ketones (excluding diaryl/α,β-unsaturated/α-hetero) is 1. The molecule has 2 heteroatoms. The van der Waals surface area contributed by atoms with Crippen LogP contribution in [0.5, 0.6) is 0 Å². The summed E-state index contributed by atoms with van der Waals surface area (Å²) in [6.45, 7) is 11.9. The zero-order chi connectivity index (χ0) is 14.8. The Morgan fingerprint density at radius 1 is 1.16 bits per heavy atom. The summed E-state index contributed by atoms with van der Waals surface area (Å²) in [5, 5.41) is 9.75. The molecule has 0 spiro atoms. The molecule has 0 bridgehead atoms. The Hall–Kier alpha value is -1.15. The van der Waals surface area contributed by atoms with Gasteiger partial charge < -0.3 is 5.11 Å². The molecule has 1 atom stereocenters. The molecule has 1 unspecified atom stereocenters. The first-order valence-corrected chi connectivity index (χ1v) is 7.00. The van der Waals surface area contributed by atoms with Crippen molar-refractivity contribution in [3.63, 3.8) is 0 Å². The van der Waals surface area contributed by atoms with E-state index in [0.717, 1.165) is 6.42 Å². The number of ketones is 1. The highest BCUT2D eigenvalue weighted by atomic mass is 16.3. The summed E-state index contributed by atoms with van der Waals surface area (Å²) in [5.74, 6) is 0.301. The van der Waals surface area contributed by atoms with E-state index >= 15 is 0 Å². The van der Waals surface area contributed by atoms with Gasteiger partial charge in [0.2, 0.25) is 0 Å². The lowest BCUT2D eigenvalue weighted by Crippen LogP contribution is -2.31. The van der Waals surface area contributed by atoms with Gasteiger partial charge in [0.05, 0.1) is 0 Å². The normalized spacial score (nSPS) is 15.4. The lowest BCUT2D eigenvalue weighted by atomic mass is 9.71. The molecule has 19 heavy (non-hydrogen) atoms. The Labute approximate surface area is 116 Å². The maximum atomic E-state index is 12.0. The van der Waals surface area contributed by atoms with E-state index in [1.165, 1.54) is 19.4 Å². The molecule has 1 aromatic carbocycles. The summed E-state index contributed by atoms with van der Waals surface area (Å²) in [7, 11) is 0. The molecule has 0 aliphatic heterocycles. The van der Waals surface area contributed by atoms with Gasteiger partial charge in [0.25, 0.3) is 0 Å². The fraction of sp³-hybridized carbons (Fsp3) is 0.588. The summed E-state index contributed by atoms with van der Waals surface area (Å²) >= 11 is 0. The van der Waals surface area contributed by atoms with Gasteiger partial charge in [0, 0.05) is 5.56 Å². The number of hydrogen-bond donors (Lipinski definition) is 1. The SMILES string of the molecule is CCC(C)(c1ccc(C(=O)C(C)(C)O)cc1)C(C)C. The Bertz CT molecular complexity index is 437. The van der Waals surface area contributed by atoms with Crippen LogP contribution in [-0.2, 0) is 5.41 Å². The molecule has 1 N–H and O–H groups in total. The number of hydrogen-bond acceptors (Lipinski definition) is 2. The molecule has 0 aliphatic carbocycles. The van der Waals surface area contributed by atoms with Crippen LogP contribution in [0, 0.1) is 5.92 Å². The average Bonchev–Trinajstić information content (AvgIpc) is 2.35. The van der Waals surface area contributed by atoms with Crippen LogP contribution < -0.4 is 0 Å². The van der Waals surface area contributed by atoms with Crippen LogP contribution >= 0.6 is 0 Å². The lowest BCUT2D eigenvalue weighted by Gasteiger charge is -2.33. The summed E-state index contributed by atoms with van der Waals surface area (Å²) in [4.78, 5) is 12.0. The topological polar surface area (TPSA) is 37.3 Å². The van der Waals surface area contributed by atoms with Crippen molar-refractivity contribution >= 4 is 5.78 Å². The second kappa shape index (κ2) is 5.46. The van der Waals surface area contributed by atoms with Crippen molar-refractivity contribution in [1.82, 2.24) is 0 Å². The van der Waals surface area contributed by atoms with Crippen molar-refractivity contribution in [3.8, 4) is 0 Å². The molecule has 0 radical (unpaired) electrons. The number of benzene rings is 1. The van der Waals surface area contributed by atoms with Gasteiger partial charge in [-0.05, 0) is 37.2 Å². The Kier molecular flexibility index (Phi) is 4.57. The van der Waals surface area contributed by atoms with E-state index in [2.05, 4.69) is 27.7 Å². The molecular weight excluding hydrogens is 236 g/mol. The third-order valence-electron chi connectivity index (χ3n) is 4.37. The molecule has 0 aromatic heterocycles. The zero-order valence-corrected chi connectivity index (χ0v) is 12.9. The molecule has 106 valence electrons. The van der Waals surface area contributed by atoms with Gasteiger partial charge in [0.15, 0.2) is 5.78 Å². The summed E-state index contributed by atoms with van der Waals surface area (Å²) in [6.07, 6.45) is 1.06. The van der Waals surface area contributed by atoms with Crippen molar-refractivity contribution < 1.29 is 9.90 Å². The maximum Gasteiger partial charge on any atom is 0.193 e. The minimum Gasteiger partial charge on any atom is -0.382 e. The van der Waals surface area contributed by atoms with E-state index < -0.39 is 5.60 Å². The lowest BCUT2D eigenvalue weighted by molar-refractivity contribution is 0.0488. The number of rotatable bonds is 5. The van der Waals surface area contributed by atoms with Crippen molar-refractivity contribution in [2.45, 2.75) is 59.0 Å². The Morgan fingerprint density at radius 3 is 1.95 bits per heavy atom. The molecule has 1 rings (SSSR count). The minimum atomic E-state index is -1.31. The first-order chi connectivity index (χ1) is 8.63. The van der Waals surface area contributed by atoms with E-state index in [4.69, 9.17) is 0 Å². The second-order valence-corrected chi connectivity index (χ2v) is 6.39. The van der Waals surface area contributed by atoms with E-state index in [1.807, 2.05) is 24.3 Å². The van der Waals surface area contributed by atoms with E-state index in [0.29, 0.717) is 11.5 Å². The van der Waals surface area contributed by atoms with Gasteiger partial charge in [-0.2, -0.15) is 0 Å². The summed E-state index contributed by atoms with van der Waals surface area (Å²) in [5.41, 5.74) is 0.625. The van der Waals surface area contributed by atoms with E-state index in [1.54, 1.807) is 0 Å². The number of aliphatic hydroxyl groups is 1. The van der Waals surface area contributed by atoms with Crippen LogP contribution in [0.15, 0.2) is 24.3 Å². The Balaban J connectivity index is 3.10. The van der Waals surface area contributed by atoms with Gasteiger partial charge in [-0.1, -0.05) is 52.0 Å². The molecule has 1 aromatic rings. The molecule has 0 saturated carbocycles. The molecular formula is C17H26O2. The van der Waals surface area contributed by atoms with Crippen LogP contribution in [0.3, 0.4) is 0 Å². The highest BCUT2D eigenvalue weighted by molar-refractivity contribution is 6.01. The quantitative estimate of drug-likeness (QED) is 0.815. The maximum absolute atomic E-state index is 12.0. The van der Waals surface area contributed by atoms with Crippen LogP contribution in [0.4, 0.5) is 0 Å². The van der Waals surface area contributed by atoms with Gasteiger partial charge >= 0.3 is 0 Å². The van der Waals surface area contributed by atoms with E-state index in [9.17, 15) is 9.90 Å². The largest absolute Gasteiger partial charge is 0.382 e. The monoisotopic (exact) mass is 262 g/mol. The Morgan fingerprint density at radius 2 is 1.63 bits per heavy atom. The van der Waals surface area contributed by atoms with Crippen LogP contribution in [-0.4, -0.2) is 16.5 Å².